The second-order valence-electron chi connectivity index (χ2n) is 6.92. The van der Waals surface area contributed by atoms with E-state index in [1.54, 1.807) is 5.57 Å². The van der Waals surface area contributed by atoms with Crippen LogP contribution in [0.2, 0.25) is 0 Å². The SMILES string of the molecule is CC1=CC(C)CC(CNC2CCN(C3CC3)C2)C1. The molecule has 102 valence electrons. The molecular weight excluding hydrogens is 220 g/mol. The van der Waals surface area contributed by atoms with Gasteiger partial charge in [-0.2, -0.15) is 0 Å². The second-order valence-corrected chi connectivity index (χ2v) is 6.92. The van der Waals surface area contributed by atoms with Crippen LogP contribution in [-0.4, -0.2) is 36.6 Å². The highest BCUT2D eigenvalue weighted by Crippen LogP contribution is 2.30. The summed E-state index contributed by atoms with van der Waals surface area (Å²) in [6, 6.07) is 1.73. The molecule has 3 rings (SSSR count). The molecule has 1 saturated heterocycles. The van der Waals surface area contributed by atoms with Crippen LogP contribution in [0.5, 0.6) is 0 Å². The Morgan fingerprint density at radius 3 is 2.89 bits per heavy atom. The van der Waals surface area contributed by atoms with Crippen molar-refractivity contribution < 1.29 is 0 Å². The maximum absolute atomic E-state index is 3.84. The minimum Gasteiger partial charge on any atom is -0.312 e. The zero-order chi connectivity index (χ0) is 12.5. The van der Waals surface area contributed by atoms with Crippen LogP contribution in [0.1, 0.15) is 46.0 Å². The molecule has 0 spiro atoms. The molecule has 3 atom stereocenters. The molecule has 0 bridgehead atoms. The van der Waals surface area contributed by atoms with Crippen molar-refractivity contribution >= 4 is 0 Å². The van der Waals surface area contributed by atoms with E-state index in [0.29, 0.717) is 0 Å². The molecule has 0 aromatic heterocycles. The van der Waals surface area contributed by atoms with Crippen LogP contribution >= 0.6 is 0 Å². The van der Waals surface area contributed by atoms with E-state index in [9.17, 15) is 0 Å². The second kappa shape index (κ2) is 5.34. The van der Waals surface area contributed by atoms with Gasteiger partial charge in [-0.3, -0.25) is 4.90 Å². The van der Waals surface area contributed by atoms with Crippen molar-refractivity contribution in [2.24, 2.45) is 11.8 Å². The van der Waals surface area contributed by atoms with E-state index in [4.69, 9.17) is 0 Å². The first-order valence-electron chi connectivity index (χ1n) is 7.85. The van der Waals surface area contributed by atoms with E-state index >= 15 is 0 Å². The number of nitrogens with zero attached hydrogens (tertiary/aromatic N) is 1. The monoisotopic (exact) mass is 248 g/mol. The summed E-state index contributed by atoms with van der Waals surface area (Å²) >= 11 is 0. The molecule has 2 heteroatoms. The van der Waals surface area contributed by atoms with E-state index in [2.05, 4.69) is 30.1 Å². The van der Waals surface area contributed by atoms with E-state index in [1.165, 1.54) is 51.7 Å². The van der Waals surface area contributed by atoms with Gasteiger partial charge in [0.25, 0.3) is 0 Å². The van der Waals surface area contributed by atoms with E-state index in [-0.39, 0.29) is 0 Å². The lowest BCUT2D eigenvalue weighted by Gasteiger charge is -2.27. The maximum atomic E-state index is 3.84. The normalized spacial score (nSPS) is 37.9. The largest absolute Gasteiger partial charge is 0.312 e. The highest BCUT2D eigenvalue weighted by atomic mass is 15.2. The number of allylic oxidation sites excluding steroid dienone is 2. The minimum atomic E-state index is 0.770. The van der Waals surface area contributed by atoms with Gasteiger partial charge in [-0.1, -0.05) is 18.6 Å². The summed E-state index contributed by atoms with van der Waals surface area (Å²) in [6.07, 6.45) is 9.43. The quantitative estimate of drug-likeness (QED) is 0.770. The summed E-state index contributed by atoms with van der Waals surface area (Å²) in [4.78, 5) is 2.70. The molecule has 1 N–H and O–H groups in total. The average Bonchev–Trinajstić information content (AvgIpc) is 3.05. The van der Waals surface area contributed by atoms with Gasteiger partial charge < -0.3 is 5.32 Å². The summed E-state index contributed by atoms with van der Waals surface area (Å²) in [5.41, 5.74) is 1.60. The Bertz CT molecular complexity index is 319. The van der Waals surface area contributed by atoms with Crippen molar-refractivity contribution in [3.8, 4) is 0 Å². The number of rotatable bonds is 4. The first-order chi connectivity index (χ1) is 8.70. The van der Waals surface area contributed by atoms with Gasteiger partial charge in [0.15, 0.2) is 0 Å². The molecule has 0 aromatic carbocycles. The molecule has 2 nitrogen and oxygen atoms in total. The van der Waals surface area contributed by atoms with Crippen LogP contribution in [0.15, 0.2) is 11.6 Å². The van der Waals surface area contributed by atoms with Gasteiger partial charge in [0.05, 0.1) is 0 Å². The van der Waals surface area contributed by atoms with Gasteiger partial charge in [0.1, 0.15) is 0 Å². The Morgan fingerprint density at radius 1 is 1.33 bits per heavy atom. The van der Waals surface area contributed by atoms with Crippen LogP contribution in [-0.2, 0) is 0 Å². The fourth-order valence-electron chi connectivity index (χ4n) is 3.90. The van der Waals surface area contributed by atoms with Crippen LogP contribution < -0.4 is 5.32 Å². The molecule has 2 fully saturated rings. The molecule has 0 aromatic rings. The predicted molar refractivity (Wildman–Crippen MR) is 76.6 cm³/mol. The van der Waals surface area contributed by atoms with Gasteiger partial charge in [0, 0.05) is 25.2 Å². The van der Waals surface area contributed by atoms with Gasteiger partial charge in [0.2, 0.25) is 0 Å². The Kier molecular flexibility index (Phi) is 3.76. The molecule has 3 unspecified atom stereocenters. The summed E-state index contributed by atoms with van der Waals surface area (Å²) < 4.78 is 0. The third-order valence-electron chi connectivity index (χ3n) is 4.86. The van der Waals surface area contributed by atoms with E-state index in [0.717, 1.165) is 23.9 Å². The van der Waals surface area contributed by atoms with E-state index < -0.39 is 0 Å². The number of hydrogen-bond acceptors (Lipinski definition) is 2. The van der Waals surface area contributed by atoms with Crippen LogP contribution in [0.25, 0.3) is 0 Å². The van der Waals surface area contributed by atoms with Crippen molar-refractivity contribution in [3.63, 3.8) is 0 Å². The number of nitrogens with one attached hydrogen (secondary N) is 1. The molecule has 1 aliphatic heterocycles. The van der Waals surface area contributed by atoms with Gasteiger partial charge in [-0.25, -0.2) is 0 Å². The first kappa shape index (κ1) is 12.7. The molecular formula is C16H28N2. The molecule has 1 heterocycles. The molecule has 0 radical (unpaired) electrons. The van der Waals surface area contributed by atoms with Crippen LogP contribution in [0.3, 0.4) is 0 Å². The van der Waals surface area contributed by atoms with Gasteiger partial charge >= 0.3 is 0 Å². The van der Waals surface area contributed by atoms with Crippen molar-refractivity contribution in [2.45, 2.75) is 58.0 Å². The van der Waals surface area contributed by atoms with Gasteiger partial charge in [-0.05, 0) is 57.4 Å². The summed E-state index contributed by atoms with van der Waals surface area (Å²) in [7, 11) is 0. The van der Waals surface area contributed by atoms with Gasteiger partial charge in [-0.15, -0.1) is 0 Å². The fraction of sp³-hybridized carbons (Fsp3) is 0.875. The van der Waals surface area contributed by atoms with Crippen LogP contribution in [0.4, 0.5) is 0 Å². The highest BCUT2D eigenvalue weighted by molar-refractivity contribution is 5.06. The van der Waals surface area contributed by atoms with Crippen molar-refractivity contribution in [1.82, 2.24) is 10.2 Å². The molecule has 0 amide bonds. The smallest absolute Gasteiger partial charge is 0.0207 e. The molecule has 1 saturated carbocycles. The zero-order valence-electron chi connectivity index (χ0n) is 12.0. The summed E-state index contributed by atoms with van der Waals surface area (Å²) in [5, 5.41) is 3.84. The van der Waals surface area contributed by atoms with Crippen molar-refractivity contribution in [1.29, 1.82) is 0 Å². The lowest BCUT2D eigenvalue weighted by Crippen LogP contribution is -2.37. The summed E-state index contributed by atoms with van der Waals surface area (Å²) in [5.74, 6) is 1.66. The highest BCUT2D eigenvalue weighted by Gasteiger charge is 2.34. The third-order valence-corrected chi connectivity index (χ3v) is 4.86. The Morgan fingerprint density at radius 2 is 2.17 bits per heavy atom. The number of likely N-dealkylation sites (tertiary alicyclic amines) is 1. The standard InChI is InChI=1S/C16H28N2/c1-12-7-13(2)9-14(8-12)10-17-15-5-6-18(11-15)16-3-4-16/h7,12,14-17H,3-6,8-11H2,1-2H3. The van der Waals surface area contributed by atoms with Crippen LogP contribution in [0, 0.1) is 11.8 Å². The topological polar surface area (TPSA) is 15.3 Å². The average molecular weight is 248 g/mol. The maximum Gasteiger partial charge on any atom is 0.0207 e. The molecule has 2 aliphatic carbocycles. The van der Waals surface area contributed by atoms with Crippen molar-refractivity contribution in [2.75, 3.05) is 19.6 Å². The first-order valence-corrected chi connectivity index (χ1v) is 7.85. The number of hydrogen-bond donors (Lipinski definition) is 1. The third kappa shape index (κ3) is 3.16. The Hall–Kier alpha value is -0.340. The van der Waals surface area contributed by atoms with Crippen molar-refractivity contribution in [3.05, 3.63) is 11.6 Å². The summed E-state index contributed by atoms with van der Waals surface area (Å²) in [6.45, 7) is 8.54. The minimum absolute atomic E-state index is 0.770. The fourth-order valence-corrected chi connectivity index (χ4v) is 3.90. The molecule has 18 heavy (non-hydrogen) atoms. The Labute approximate surface area is 112 Å². The molecule has 3 aliphatic rings. The zero-order valence-corrected chi connectivity index (χ0v) is 12.0. The predicted octanol–water partition coefficient (Wildman–Crippen LogP) is 2.81. The van der Waals surface area contributed by atoms with E-state index in [1.807, 2.05) is 0 Å². The lowest BCUT2D eigenvalue weighted by atomic mass is 9.83. The lowest BCUT2D eigenvalue weighted by molar-refractivity contribution is 0.309. The Balaban J connectivity index is 1.40.